The molecule has 7 nitrogen and oxygen atoms in total. The summed E-state index contributed by atoms with van der Waals surface area (Å²) in [4.78, 5) is 17.7. The zero-order valence-corrected chi connectivity index (χ0v) is 19.7. The Labute approximate surface area is 185 Å². The van der Waals surface area contributed by atoms with Crippen molar-refractivity contribution in [2.45, 2.75) is 35.4 Å². The van der Waals surface area contributed by atoms with E-state index in [-0.39, 0.29) is 15.4 Å². The second kappa shape index (κ2) is 8.52. The molecule has 0 spiro atoms. The van der Waals surface area contributed by atoms with Gasteiger partial charge in [0.2, 0.25) is 0 Å². The zero-order valence-electron chi connectivity index (χ0n) is 17.3. The molecule has 0 radical (unpaired) electrons. The number of allylic oxidation sites excluding steroid dienone is 1. The SMILES string of the molecule is C=CCn1c(=NC(=O)c2ccc(S(=O)(=O)C(C)C)cc2)sc2cc(S(C)(=O)=O)ccc21. The number of carbonyl (C=O) groups excluding carboxylic acids is 1. The molecule has 0 saturated carbocycles. The molecule has 0 aliphatic rings. The maximum absolute atomic E-state index is 12.7. The van der Waals surface area contributed by atoms with Crippen LogP contribution in [0.5, 0.6) is 0 Å². The number of nitrogens with zero attached hydrogens (tertiary/aromatic N) is 2. The Kier molecular flexibility index (Phi) is 6.35. The number of rotatable bonds is 6. The van der Waals surface area contributed by atoms with E-state index in [2.05, 4.69) is 11.6 Å². The minimum absolute atomic E-state index is 0.149. The molecule has 1 aromatic heterocycles. The van der Waals surface area contributed by atoms with Crippen LogP contribution in [0.25, 0.3) is 10.2 Å². The average Bonchev–Trinajstić information content (AvgIpc) is 3.04. The predicted molar refractivity (Wildman–Crippen MR) is 122 cm³/mol. The van der Waals surface area contributed by atoms with Gasteiger partial charge in [0.25, 0.3) is 5.91 Å². The van der Waals surface area contributed by atoms with Gasteiger partial charge in [-0.15, -0.1) is 6.58 Å². The molecule has 0 aliphatic carbocycles. The largest absolute Gasteiger partial charge is 0.312 e. The first-order valence-electron chi connectivity index (χ1n) is 9.32. The highest BCUT2D eigenvalue weighted by molar-refractivity contribution is 7.92. The molecule has 164 valence electrons. The van der Waals surface area contributed by atoms with Crippen molar-refractivity contribution in [3.05, 3.63) is 65.5 Å². The average molecular weight is 479 g/mol. The molecule has 0 aliphatic heterocycles. The monoisotopic (exact) mass is 478 g/mol. The number of hydrogen-bond donors (Lipinski definition) is 0. The van der Waals surface area contributed by atoms with Gasteiger partial charge in [0, 0.05) is 18.4 Å². The summed E-state index contributed by atoms with van der Waals surface area (Å²) in [6.45, 7) is 7.31. The smallest absolute Gasteiger partial charge is 0.279 e. The molecule has 0 fully saturated rings. The van der Waals surface area contributed by atoms with Gasteiger partial charge >= 0.3 is 0 Å². The highest BCUT2D eigenvalue weighted by atomic mass is 32.2. The molecule has 0 atom stereocenters. The highest BCUT2D eigenvalue weighted by Crippen LogP contribution is 2.22. The summed E-state index contributed by atoms with van der Waals surface area (Å²) < 4.78 is 50.7. The summed E-state index contributed by atoms with van der Waals surface area (Å²) in [6, 6.07) is 10.4. The minimum Gasteiger partial charge on any atom is -0.312 e. The van der Waals surface area contributed by atoms with E-state index in [1.165, 1.54) is 41.7 Å². The van der Waals surface area contributed by atoms with Crippen molar-refractivity contribution < 1.29 is 21.6 Å². The van der Waals surface area contributed by atoms with Gasteiger partial charge in [-0.25, -0.2) is 16.8 Å². The Morgan fingerprint density at radius 2 is 1.71 bits per heavy atom. The lowest BCUT2D eigenvalue weighted by atomic mass is 10.2. The normalized spacial score (nSPS) is 13.1. The summed E-state index contributed by atoms with van der Waals surface area (Å²) in [5.41, 5.74) is 0.990. The highest BCUT2D eigenvalue weighted by Gasteiger charge is 2.19. The van der Waals surface area contributed by atoms with E-state index in [9.17, 15) is 21.6 Å². The van der Waals surface area contributed by atoms with Crippen LogP contribution in [0.2, 0.25) is 0 Å². The summed E-state index contributed by atoms with van der Waals surface area (Å²) in [5.74, 6) is -0.527. The molecule has 0 bridgehead atoms. The Hall–Kier alpha value is -2.56. The standard InChI is InChI=1S/C21H22N2O5S3/c1-5-12-23-18-11-10-17(30(4,25)26)13-19(18)29-21(23)22-20(24)15-6-8-16(9-7-15)31(27,28)14(2)3/h5-11,13-14H,1,12H2,2-4H3. The van der Waals surface area contributed by atoms with E-state index in [0.717, 1.165) is 11.8 Å². The maximum atomic E-state index is 12.7. The van der Waals surface area contributed by atoms with Crippen LogP contribution in [0.15, 0.2) is 69.9 Å². The molecule has 3 rings (SSSR count). The number of hydrogen-bond acceptors (Lipinski definition) is 6. The third kappa shape index (κ3) is 4.70. The lowest BCUT2D eigenvalue weighted by molar-refractivity contribution is 0.0997. The van der Waals surface area contributed by atoms with Crippen molar-refractivity contribution >= 4 is 47.1 Å². The molecule has 1 heterocycles. The Morgan fingerprint density at radius 3 is 2.26 bits per heavy atom. The van der Waals surface area contributed by atoms with E-state index >= 15 is 0 Å². The van der Waals surface area contributed by atoms with Gasteiger partial charge < -0.3 is 4.57 Å². The van der Waals surface area contributed by atoms with Gasteiger partial charge in [-0.2, -0.15) is 4.99 Å². The molecule has 0 unspecified atom stereocenters. The topological polar surface area (TPSA) is 103 Å². The molecule has 1 amide bonds. The number of thiazole rings is 1. The second-order valence-corrected chi connectivity index (χ2v) is 12.7. The second-order valence-electron chi connectivity index (χ2n) is 7.22. The third-order valence-corrected chi connectivity index (χ3v) is 8.96. The van der Waals surface area contributed by atoms with Gasteiger partial charge in [-0.05, 0) is 56.3 Å². The van der Waals surface area contributed by atoms with Crippen molar-refractivity contribution in [1.29, 1.82) is 0 Å². The molecular weight excluding hydrogens is 456 g/mol. The van der Waals surface area contributed by atoms with Gasteiger partial charge in [0.05, 0.1) is 25.3 Å². The van der Waals surface area contributed by atoms with Crippen LogP contribution in [-0.2, 0) is 26.2 Å². The number of amides is 1. The molecule has 3 aromatic rings. The van der Waals surface area contributed by atoms with E-state index in [1.54, 1.807) is 36.6 Å². The third-order valence-electron chi connectivity index (χ3n) is 4.64. The fourth-order valence-electron chi connectivity index (χ4n) is 2.89. The molecule has 10 heteroatoms. The minimum atomic E-state index is -3.43. The summed E-state index contributed by atoms with van der Waals surface area (Å²) in [5, 5.41) is -0.563. The van der Waals surface area contributed by atoms with Gasteiger partial charge in [-0.1, -0.05) is 17.4 Å². The number of carbonyl (C=O) groups is 1. The maximum Gasteiger partial charge on any atom is 0.279 e. The lowest BCUT2D eigenvalue weighted by Crippen LogP contribution is -2.16. The van der Waals surface area contributed by atoms with Gasteiger partial charge in [0.15, 0.2) is 24.5 Å². The lowest BCUT2D eigenvalue weighted by Gasteiger charge is -2.07. The molecule has 2 aromatic carbocycles. The summed E-state index contributed by atoms with van der Waals surface area (Å²) in [6.07, 6.45) is 2.79. The van der Waals surface area contributed by atoms with E-state index < -0.39 is 30.8 Å². The van der Waals surface area contributed by atoms with Gasteiger partial charge in [0.1, 0.15) is 0 Å². The summed E-state index contributed by atoms with van der Waals surface area (Å²) >= 11 is 1.20. The zero-order chi connectivity index (χ0) is 23.0. The molecular formula is C21H22N2O5S3. The van der Waals surface area contributed by atoms with Gasteiger partial charge in [-0.3, -0.25) is 4.79 Å². The van der Waals surface area contributed by atoms with Crippen molar-refractivity contribution in [3.63, 3.8) is 0 Å². The van der Waals surface area contributed by atoms with E-state index in [1.807, 2.05) is 0 Å². The first-order chi connectivity index (χ1) is 14.4. The molecule has 0 N–H and O–H groups in total. The van der Waals surface area contributed by atoms with E-state index in [4.69, 9.17) is 0 Å². The Bertz CT molecular complexity index is 1440. The van der Waals surface area contributed by atoms with Crippen molar-refractivity contribution in [2.24, 2.45) is 4.99 Å². The van der Waals surface area contributed by atoms with Crippen molar-refractivity contribution in [1.82, 2.24) is 4.57 Å². The fourth-order valence-corrected chi connectivity index (χ4v) is 5.74. The number of aromatic nitrogens is 1. The van der Waals surface area contributed by atoms with Crippen LogP contribution < -0.4 is 4.80 Å². The van der Waals surface area contributed by atoms with Crippen LogP contribution in [0, 0.1) is 0 Å². The number of fused-ring (bicyclic) bond motifs is 1. The fraction of sp³-hybridized carbons (Fsp3) is 0.238. The first-order valence-corrected chi connectivity index (χ1v) is 13.6. The molecule has 31 heavy (non-hydrogen) atoms. The van der Waals surface area contributed by atoms with Crippen molar-refractivity contribution in [2.75, 3.05) is 6.26 Å². The Balaban J connectivity index is 2.07. The van der Waals surface area contributed by atoms with Crippen LogP contribution in [0.4, 0.5) is 0 Å². The predicted octanol–water partition coefficient (Wildman–Crippen LogP) is 3.22. The summed E-state index contributed by atoms with van der Waals surface area (Å²) in [7, 11) is -6.80. The number of sulfone groups is 2. The van der Waals surface area contributed by atoms with Crippen LogP contribution in [0.3, 0.4) is 0 Å². The van der Waals surface area contributed by atoms with Crippen LogP contribution in [-0.4, -0.2) is 38.8 Å². The number of benzene rings is 2. The first kappa shape index (κ1) is 23.1. The van der Waals surface area contributed by atoms with E-state index in [0.29, 0.717) is 16.0 Å². The molecule has 0 saturated heterocycles. The quantitative estimate of drug-likeness (QED) is 0.506. The van der Waals surface area contributed by atoms with Crippen LogP contribution in [0.1, 0.15) is 24.2 Å². The Morgan fingerprint density at radius 1 is 1.10 bits per heavy atom. The van der Waals surface area contributed by atoms with Crippen LogP contribution >= 0.6 is 11.3 Å². The van der Waals surface area contributed by atoms with Crippen molar-refractivity contribution in [3.8, 4) is 0 Å².